The Balaban J connectivity index is 1.67. The van der Waals surface area contributed by atoms with Crippen LogP contribution in [0.15, 0.2) is 60.9 Å². The van der Waals surface area contributed by atoms with E-state index in [1.54, 1.807) is 18.5 Å². The van der Waals surface area contributed by atoms with Crippen LogP contribution in [0.2, 0.25) is 0 Å². The van der Waals surface area contributed by atoms with Gasteiger partial charge in [0.05, 0.1) is 11.1 Å². The molecule has 0 aliphatic carbocycles. The van der Waals surface area contributed by atoms with Crippen molar-refractivity contribution >= 4 is 16.8 Å². The van der Waals surface area contributed by atoms with Gasteiger partial charge in [0.25, 0.3) is 5.91 Å². The van der Waals surface area contributed by atoms with E-state index in [2.05, 4.69) is 15.3 Å². The molecule has 0 spiro atoms. The van der Waals surface area contributed by atoms with Crippen LogP contribution in [0.1, 0.15) is 16.1 Å². The van der Waals surface area contributed by atoms with Crippen LogP contribution in [-0.4, -0.2) is 34.1 Å². The number of aromatic nitrogens is 2. The van der Waals surface area contributed by atoms with Crippen LogP contribution in [-0.2, 0) is 6.42 Å². The summed E-state index contributed by atoms with van der Waals surface area (Å²) in [5.74, 6) is -0.231. The Hall–Kier alpha value is -2.79. The van der Waals surface area contributed by atoms with Gasteiger partial charge >= 0.3 is 0 Å². The van der Waals surface area contributed by atoms with Crippen molar-refractivity contribution in [2.24, 2.45) is 5.92 Å². The summed E-state index contributed by atoms with van der Waals surface area (Å²) in [7, 11) is 0. The van der Waals surface area contributed by atoms with Gasteiger partial charge in [0.2, 0.25) is 0 Å². The Morgan fingerprint density at radius 1 is 1.04 bits per heavy atom. The first-order valence-electron chi connectivity index (χ1n) is 7.90. The van der Waals surface area contributed by atoms with Crippen molar-refractivity contribution in [2.75, 3.05) is 13.2 Å². The molecule has 3 rings (SSSR count). The maximum absolute atomic E-state index is 12.5. The molecule has 24 heavy (non-hydrogen) atoms. The van der Waals surface area contributed by atoms with E-state index in [1.165, 1.54) is 0 Å². The lowest BCUT2D eigenvalue weighted by Crippen LogP contribution is -2.32. The van der Waals surface area contributed by atoms with Gasteiger partial charge in [-0.3, -0.25) is 14.8 Å². The Morgan fingerprint density at radius 3 is 2.67 bits per heavy atom. The molecular formula is C19H19N3O2. The minimum Gasteiger partial charge on any atom is -0.396 e. The highest BCUT2D eigenvalue weighted by atomic mass is 16.3. The summed E-state index contributed by atoms with van der Waals surface area (Å²) in [5.41, 5.74) is 2.28. The highest BCUT2D eigenvalue weighted by Crippen LogP contribution is 2.16. The molecule has 2 aromatic heterocycles. The molecule has 1 unspecified atom stereocenters. The zero-order chi connectivity index (χ0) is 16.8. The SMILES string of the molecule is O=C(NCC(CO)Cc1ccccn1)c1ccnc2ccccc12. The first-order chi connectivity index (χ1) is 11.8. The molecule has 2 heterocycles. The van der Waals surface area contributed by atoms with E-state index in [0.717, 1.165) is 16.6 Å². The van der Waals surface area contributed by atoms with Gasteiger partial charge in [-0.25, -0.2) is 0 Å². The Morgan fingerprint density at radius 2 is 1.88 bits per heavy atom. The second-order valence-electron chi connectivity index (χ2n) is 5.66. The fraction of sp³-hybridized carbons (Fsp3) is 0.211. The molecule has 1 amide bonds. The summed E-state index contributed by atoms with van der Waals surface area (Å²) in [6.07, 6.45) is 3.98. The third-order valence-electron chi connectivity index (χ3n) is 3.93. The van der Waals surface area contributed by atoms with Crippen LogP contribution in [0.5, 0.6) is 0 Å². The number of carbonyl (C=O) groups excluding carboxylic acids is 1. The maximum Gasteiger partial charge on any atom is 0.252 e. The number of benzene rings is 1. The zero-order valence-electron chi connectivity index (χ0n) is 13.2. The molecule has 2 N–H and O–H groups in total. The van der Waals surface area contributed by atoms with Crippen molar-refractivity contribution in [1.82, 2.24) is 15.3 Å². The van der Waals surface area contributed by atoms with E-state index in [-0.39, 0.29) is 18.4 Å². The summed E-state index contributed by atoms with van der Waals surface area (Å²) in [6, 6.07) is 14.9. The summed E-state index contributed by atoms with van der Waals surface area (Å²) in [5, 5.41) is 13.3. The van der Waals surface area contributed by atoms with Crippen molar-refractivity contribution in [1.29, 1.82) is 0 Å². The van der Waals surface area contributed by atoms with Crippen LogP contribution in [0.4, 0.5) is 0 Å². The monoisotopic (exact) mass is 321 g/mol. The molecule has 0 aliphatic heterocycles. The molecule has 0 aliphatic rings. The number of nitrogens with zero attached hydrogens (tertiary/aromatic N) is 2. The van der Waals surface area contributed by atoms with Crippen molar-refractivity contribution in [3.63, 3.8) is 0 Å². The smallest absolute Gasteiger partial charge is 0.252 e. The summed E-state index contributed by atoms with van der Waals surface area (Å²) < 4.78 is 0. The van der Waals surface area contributed by atoms with Gasteiger partial charge in [0.1, 0.15) is 0 Å². The molecular weight excluding hydrogens is 302 g/mol. The van der Waals surface area contributed by atoms with E-state index in [4.69, 9.17) is 0 Å². The van der Waals surface area contributed by atoms with Crippen LogP contribution in [0, 0.1) is 5.92 Å². The zero-order valence-corrected chi connectivity index (χ0v) is 13.2. The first-order valence-corrected chi connectivity index (χ1v) is 7.90. The van der Waals surface area contributed by atoms with Crippen molar-refractivity contribution in [2.45, 2.75) is 6.42 Å². The number of rotatable bonds is 6. The maximum atomic E-state index is 12.5. The largest absolute Gasteiger partial charge is 0.396 e. The van der Waals surface area contributed by atoms with Gasteiger partial charge in [0, 0.05) is 42.5 Å². The molecule has 0 saturated carbocycles. The number of carbonyl (C=O) groups is 1. The van der Waals surface area contributed by atoms with E-state index in [0.29, 0.717) is 18.5 Å². The van der Waals surface area contributed by atoms with E-state index >= 15 is 0 Å². The highest BCUT2D eigenvalue weighted by Gasteiger charge is 2.14. The topological polar surface area (TPSA) is 75.1 Å². The second-order valence-corrected chi connectivity index (χ2v) is 5.66. The third kappa shape index (κ3) is 3.75. The lowest BCUT2D eigenvalue weighted by Gasteiger charge is -2.15. The molecule has 0 saturated heterocycles. The molecule has 1 atom stereocenters. The van der Waals surface area contributed by atoms with E-state index in [1.807, 2.05) is 42.5 Å². The number of pyridine rings is 2. The standard InChI is InChI=1S/C19H19N3O2/c23-13-14(11-15-5-3-4-9-20-15)12-22-19(24)17-8-10-21-18-7-2-1-6-16(17)18/h1-10,14,23H,11-13H2,(H,22,24). The second kappa shape index (κ2) is 7.66. The van der Waals surface area contributed by atoms with Crippen molar-refractivity contribution < 1.29 is 9.90 Å². The normalized spacial score (nSPS) is 12.0. The predicted octanol–water partition coefficient (Wildman–Crippen LogP) is 2.21. The average molecular weight is 321 g/mol. The predicted molar refractivity (Wildman–Crippen MR) is 92.6 cm³/mol. The number of aliphatic hydroxyl groups is 1. The van der Waals surface area contributed by atoms with Crippen molar-refractivity contribution in [3.8, 4) is 0 Å². The lowest BCUT2D eigenvalue weighted by atomic mass is 10.0. The summed E-state index contributed by atoms with van der Waals surface area (Å²) in [6.45, 7) is 0.385. The molecule has 5 heteroatoms. The highest BCUT2D eigenvalue weighted by molar-refractivity contribution is 6.05. The Labute approximate surface area is 140 Å². The van der Waals surface area contributed by atoms with Crippen LogP contribution >= 0.6 is 0 Å². The number of aliphatic hydroxyl groups excluding tert-OH is 1. The number of fused-ring (bicyclic) bond motifs is 1. The lowest BCUT2D eigenvalue weighted by molar-refractivity contribution is 0.0941. The average Bonchev–Trinajstić information content (AvgIpc) is 2.65. The molecule has 3 aromatic rings. The quantitative estimate of drug-likeness (QED) is 0.730. The fourth-order valence-corrected chi connectivity index (χ4v) is 2.64. The van der Waals surface area contributed by atoms with Crippen LogP contribution < -0.4 is 5.32 Å². The fourth-order valence-electron chi connectivity index (χ4n) is 2.64. The van der Waals surface area contributed by atoms with Crippen molar-refractivity contribution in [3.05, 3.63) is 72.2 Å². The van der Waals surface area contributed by atoms with Crippen LogP contribution in [0.3, 0.4) is 0 Å². The third-order valence-corrected chi connectivity index (χ3v) is 3.93. The van der Waals surface area contributed by atoms with Gasteiger partial charge in [-0.05, 0) is 30.7 Å². The van der Waals surface area contributed by atoms with E-state index in [9.17, 15) is 9.90 Å². The Bertz CT molecular complexity index is 816. The molecule has 0 bridgehead atoms. The molecule has 0 fully saturated rings. The molecule has 5 nitrogen and oxygen atoms in total. The molecule has 1 aromatic carbocycles. The number of nitrogens with one attached hydrogen (secondary N) is 1. The number of para-hydroxylation sites is 1. The first kappa shape index (κ1) is 16.1. The molecule has 122 valence electrons. The Kier molecular flexibility index (Phi) is 5.13. The summed E-state index contributed by atoms with van der Waals surface area (Å²) in [4.78, 5) is 21.0. The van der Waals surface area contributed by atoms with Gasteiger partial charge in [-0.2, -0.15) is 0 Å². The summed E-state index contributed by atoms with van der Waals surface area (Å²) >= 11 is 0. The number of amides is 1. The number of hydrogen-bond acceptors (Lipinski definition) is 4. The number of hydrogen-bond donors (Lipinski definition) is 2. The van der Waals surface area contributed by atoms with Gasteiger partial charge in [-0.1, -0.05) is 24.3 Å². The minimum atomic E-state index is -0.159. The van der Waals surface area contributed by atoms with E-state index < -0.39 is 0 Å². The van der Waals surface area contributed by atoms with Crippen LogP contribution in [0.25, 0.3) is 10.9 Å². The van der Waals surface area contributed by atoms with Gasteiger partial charge < -0.3 is 10.4 Å². The molecule has 0 radical (unpaired) electrons. The van der Waals surface area contributed by atoms with Gasteiger partial charge in [-0.15, -0.1) is 0 Å². The minimum absolute atomic E-state index is 0.00600. The van der Waals surface area contributed by atoms with Gasteiger partial charge in [0.15, 0.2) is 0 Å².